The van der Waals surface area contributed by atoms with Gasteiger partial charge in [-0.3, -0.25) is 9.59 Å². The van der Waals surface area contributed by atoms with Gasteiger partial charge in [0.05, 0.1) is 0 Å². The minimum Gasteiger partial charge on any atom is -0.312 e. The van der Waals surface area contributed by atoms with Gasteiger partial charge < -0.3 is 9.80 Å². The summed E-state index contributed by atoms with van der Waals surface area (Å²) in [5, 5.41) is 0. The number of fused-ring (bicyclic) bond motifs is 1. The summed E-state index contributed by atoms with van der Waals surface area (Å²) in [4.78, 5) is 42.5. The molecule has 0 unspecified atom stereocenters. The molecule has 3 saturated heterocycles. The third-order valence-electron chi connectivity index (χ3n) is 5.10. The molecule has 0 aliphatic carbocycles. The minimum absolute atomic E-state index is 0.0362. The van der Waals surface area contributed by atoms with Gasteiger partial charge in [0.15, 0.2) is 0 Å². The molecular formula is C17H19N3O3. The highest BCUT2D eigenvalue weighted by atomic mass is 16.2. The van der Waals surface area contributed by atoms with Crippen LogP contribution in [-0.2, 0) is 9.59 Å². The molecule has 23 heavy (non-hydrogen) atoms. The van der Waals surface area contributed by atoms with Crippen LogP contribution < -0.4 is 4.90 Å². The zero-order valence-electron chi connectivity index (χ0n) is 13.0. The number of urea groups is 1. The maximum Gasteiger partial charge on any atom is 0.328 e. The number of hydrogen-bond acceptors (Lipinski definition) is 3. The van der Waals surface area contributed by atoms with Gasteiger partial charge >= 0.3 is 6.03 Å². The topological polar surface area (TPSA) is 60.9 Å². The van der Waals surface area contributed by atoms with E-state index in [1.807, 2.05) is 37.3 Å². The Labute approximate surface area is 134 Å². The van der Waals surface area contributed by atoms with E-state index < -0.39 is 6.04 Å². The number of carbonyl (C=O) groups is 3. The Morgan fingerprint density at radius 3 is 2.35 bits per heavy atom. The molecule has 3 heterocycles. The lowest BCUT2D eigenvalue weighted by Crippen LogP contribution is -2.46. The number of hydrogen-bond donors (Lipinski definition) is 0. The normalized spacial score (nSPS) is 30.6. The van der Waals surface area contributed by atoms with Crippen LogP contribution in [0.3, 0.4) is 0 Å². The molecule has 1 aromatic rings. The van der Waals surface area contributed by atoms with Crippen molar-refractivity contribution >= 4 is 23.5 Å². The molecule has 4 rings (SSSR count). The van der Waals surface area contributed by atoms with E-state index >= 15 is 0 Å². The lowest BCUT2D eigenvalue weighted by molar-refractivity contribution is -0.133. The van der Waals surface area contributed by atoms with Crippen LogP contribution in [0, 0.1) is 0 Å². The van der Waals surface area contributed by atoms with Crippen molar-refractivity contribution in [2.24, 2.45) is 0 Å². The van der Waals surface area contributed by atoms with Crippen molar-refractivity contribution in [3.05, 3.63) is 30.3 Å². The van der Waals surface area contributed by atoms with Crippen molar-refractivity contribution in [1.82, 2.24) is 9.80 Å². The van der Waals surface area contributed by atoms with Crippen molar-refractivity contribution in [3.63, 3.8) is 0 Å². The Hall–Kier alpha value is -2.37. The van der Waals surface area contributed by atoms with Crippen LogP contribution in [-0.4, -0.2) is 52.3 Å². The van der Waals surface area contributed by atoms with Crippen LogP contribution in [0.4, 0.5) is 10.5 Å². The number of amides is 4. The maximum absolute atomic E-state index is 12.9. The first-order chi connectivity index (χ1) is 11.1. The molecule has 1 aromatic carbocycles. The van der Waals surface area contributed by atoms with Gasteiger partial charge in [-0.1, -0.05) is 18.2 Å². The number of benzene rings is 1. The minimum atomic E-state index is -0.671. The number of rotatable bonds is 2. The molecule has 0 aromatic heterocycles. The average Bonchev–Trinajstić information content (AvgIpc) is 3.19. The molecule has 4 amide bonds. The Bertz CT molecular complexity index is 653. The second kappa shape index (κ2) is 5.08. The third kappa shape index (κ3) is 1.97. The highest BCUT2D eigenvalue weighted by molar-refractivity contribution is 6.11. The molecule has 3 aliphatic heterocycles. The predicted octanol–water partition coefficient (Wildman–Crippen LogP) is 1.61. The van der Waals surface area contributed by atoms with E-state index in [9.17, 15) is 14.4 Å². The van der Waals surface area contributed by atoms with E-state index in [0.29, 0.717) is 19.4 Å². The predicted molar refractivity (Wildman–Crippen MR) is 83.8 cm³/mol. The average molecular weight is 313 g/mol. The van der Waals surface area contributed by atoms with E-state index in [1.54, 1.807) is 9.80 Å². The fourth-order valence-electron chi connectivity index (χ4n) is 4.03. The SMILES string of the molecule is C[C@@H]1C[C@@H](N2C(=O)[C@@H]3CCCN3C2=O)C(=O)N1c1ccccc1. The molecule has 6 heteroatoms. The number of nitrogens with zero attached hydrogens (tertiary/aromatic N) is 3. The number of para-hydroxylation sites is 1. The first-order valence-corrected chi connectivity index (χ1v) is 8.11. The van der Waals surface area contributed by atoms with Gasteiger partial charge in [0.25, 0.3) is 11.8 Å². The van der Waals surface area contributed by atoms with Crippen LogP contribution in [0.2, 0.25) is 0 Å². The van der Waals surface area contributed by atoms with Crippen molar-refractivity contribution < 1.29 is 14.4 Å². The Kier molecular flexibility index (Phi) is 3.14. The van der Waals surface area contributed by atoms with Crippen LogP contribution in [0.5, 0.6) is 0 Å². The Morgan fingerprint density at radius 2 is 1.65 bits per heavy atom. The zero-order chi connectivity index (χ0) is 16.1. The van der Waals surface area contributed by atoms with Crippen LogP contribution in [0.1, 0.15) is 26.2 Å². The van der Waals surface area contributed by atoms with Crippen LogP contribution in [0.15, 0.2) is 30.3 Å². The Morgan fingerprint density at radius 1 is 0.957 bits per heavy atom. The summed E-state index contributed by atoms with van der Waals surface area (Å²) in [6, 6.07) is 8.06. The lowest BCUT2D eigenvalue weighted by Gasteiger charge is -2.23. The standard InChI is InChI=1S/C17H19N3O3/c1-11-10-14(16(22)19(11)12-6-3-2-4-7-12)20-15(21)13-8-5-9-18(13)17(20)23/h2-4,6-7,11,13-14H,5,8-10H2,1H3/t11-,13+,14-/m1/s1. The third-order valence-corrected chi connectivity index (χ3v) is 5.10. The fraction of sp³-hybridized carbons (Fsp3) is 0.471. The number of carbonyl (C=O) groups excluding carboxylic acids is 3. The molecule has 0 radical (unpaired) electrons. The fourth-order valence-corrected chi connectivity index (χ4v) is 4.03. The van der Waals surface area contributed by atoms with E-state index in [0.717, 1.165) is 12.1 Å². The summed E-state index contributed by atoms with van der Waals surface area (Å²) >= 11 is 0. The molecular weight excluding hydrogens is 294 g/mol. The summed E-state index contributed by atoms with van der Waals surface area (Å²) < 4.78 is 0. The first kappa shape index (κ1) is 14.2. The highest BCUT2D eigenvalue weighted by Gasteiger charge is 2.54. The molecule has 0 bridgehead atoms. The van der Waals surface area contributed by atoms with Crippen LogP contribution in [0.25, 0.3) is 0 Å². The molecule has 6 nitrogen and oxygen atoms in total. The van der Waals surface area contributed by atoms with E-state index in [1.165, 1.54) is 4.90 Å². The number of imide groups is 1. The summed E-state index contributed by atoms with van der Waals surface area (Å²) in [5.74, 6) is -0.362. The van der Waals surface area contributed by atoms with Gasteiger partial charge in [-0.25, -0.2) is 9.69 Å². The van der Waals surface area contributed by atoms with E-state index in [-0.39, 0.29) is 29.9 Å². The maximum atomic E-state index is 12.9. The second-order valence-electron chi connectivity index (χ2n) is 6.49. The molecule has 0 N–H and O–H groups in total. The lowest BCUT2D eigenvalue weighted by atomic mass is 10.1. The van der Waals surface area contributed by atoms with Gasteiger partial charge in [0, 0.05) is 18.3 Å². The summed E-state index contributed by atoms with van der Waals surface area (Å²) in [6.07, 6.45) is 2.06. The van der Waals surface area contributed by atoms with Gasteiger partial charge in [0.2, 0.25) is 0 Å². The highest BCUT2D eigenvalue weighted by Crippen LogP contribution is 2.35. The van der Waals surface area contributed by atoms with Gasteiger partial charge in [-0.05, 0) is 38.3 Å². The molecule has 3 fully saturated rings. The zero-order valence-corrected chi connectivity index (χ0v) is 13.0. The van der Waals surface area contributed by atoms with Crippen molar-refractivity contribution in [1.29, 1.82) is 0 Å². The molecule has 3 atom stereocenters. The quantitative estimate of drug-likeness (QED) is 0.779. The van der Waals surface area contributed by atoms with E-state index in [4.69, 9.17) is 0 Å². The molecule has 0 spiro atoms. The smallest absolute Gasteiger partial charge is 0.312 e. The largest absolute Gasteiger partial charge is 0.328 e. The van der Waals surface area contributed by atoms with Crippen molar-refractivity contribution in [2.45, 2.75) is 44.3 Å². The van der Waals surface area contributed by atoms with Gasteiger partial charge in [-0.15, -0.1) is 0 Å². The van der Waals surface area contributed by atoms with Crippen molar-refractivity contribution in [3.8, 4) is 0 Å². The summed E-state index contributed by atoms with van der Waals surface area (Å²) in [6.45, 7) is 2.57. The van der Waals surface area contributed by atoms with E-state index in [2.05, 4.69) is 0 Å². The molecule has 3 aliphatic rings. The second-order valence-corrected chi connectivity index (χ2v) is 6.49. The van der Waals surface area contributed by atoms with Gasteiger partial charge in [0.1, 0.15) is 12.1 Å². The summed E-state index contributed by atoms with van der Waals surface area (Å²) in [5.41, 5.74) is 0.812. The monoisotopic (exact) mass is 313 g/mol. The van der Waals surface area contributed by atoms with Crippen molar-refractivity contribution in [2.75, 3.05) is 11.4 Å². The first-order valence-electron chi connectivity index (χ1n) is 8.11. The van der Waals surface area contributed by atoms with Gasteiger partial charge in [-0.2, -0.15) is 0 Å². The van der Waals surface area contributed by atoms with Crippen LogP contribution >= 0.6 is 0 Å². The number of anilines is 1. The Balaban J connectivity index is 1.63. The molecule has 0 saturated carbocycles. The molecule has 120 valence electrons. The summed E-state index contributed by atoms with van der Waals surface area (Å²) in [7, 11) is 0.